The molecule has 6 heteroatoms. The Labute approximate surface area is 129 Å². The summed E-state index contributed by atoms with van der Waals surface area (Å²) in [5.74, 6) is 1.67. The minimum atomic E-state index is 0.229. The number of hydrogen-bond acceptors (Lipinski definition) is 5. The Morgan fingerprint density at radius 2 is 2.19 bits per heavy atom. The van der Waals surface area contributed by atoms with Gasteiger partial charge in [0.25, 0.3) is 0 Å². The van der Waals surface area contributed by atoms with Crippen molar-refractivity contribution in [2.24, 2.45) is 0 Å². The first-order valence-electron chi connectivity index (χ1n) is 8.26. The fourth-order valence-corrected chi connectivity index (χ4v) is 5.10. The molecular weight excluding hydrogens is 282 g/mol. The van der Waals surface area contributed by atoms with Crippen LogP contribution >= 0.6 is 11.3 Å². The number of nitrogens with zero attached hydrogens (tertiary/aromatic N) is 4. The van der Waals surface area contributed by atoms with E-state index in [0.29, 0.717) is 5.92 Å². The van der Waals surface area contributed by atoms with Crippen LogP contribution < -0.4 is 5.32 Å². The quantitative estimate of drug-likeness (QED) is 0.943. The van der Waals surface area contributed by atoms with Gasteiger partial charge in [0.1, 0.15) is 5.01 Å². The molecule has 0 radical (unpaired) electrons. The first-order chi connectivity index (χ1) is 10.3. The molecule has 1 N–H and O–H groups in total. The third kappa shape index (κ3) is 2.19. The summed E-state index contributed by atoms with van der Waals surface area (Å²) in [6, 6.07) is 0. The molecule has 1 saturated heterocycles. The van der Waals surface area contributed by atoms with E-state index in [4.69, 9.17) is 5.10 Å². The lowest BCUT2D eigenvalue weighted by Gasteiger charge is -2.24. The minimum Gasteiger partial charge on any atom is -0.316 e. The van der Waals surface area contributed by atoms with E-state index in [2.05, 4.69) is 22.4 Å². The van der Waals surface area contributed by atoms with Gasteiger partial charge in [-0.15, -0.1) is 10.2 Å². The molecule has 1 saturated carbocycles. The number of rotatable bonds is 4. The number of nitrogens with one attached hydrogen (secondary N) is 1. The molecule has 0 aromatic carbocycles. The zero-order valence-electron chi connectivity index (χ0n) is 12.6. The molecule has 0 bridgehead atoms. The van der Waals surface area contributed by atoms with E-state index in [-0.39, 0.29) is 5.41 Å². The summed E-state index contributed by atoms with van der Waals surface area (Å²) in [5, 5.41) is 18.6. The van der Waals surface area contributed by atoms with Crippen molar-refractivity contribution in [1.82, 2.24) is 25.1 Å². The first kappa shape index (κ1) is 13.6. The molecule has 1 unspecified atom stereocenters. The molecule has 1 atom stereocenters. The van der Waals surface area contributed by atoms with E-state index in [1.54, 1.807) is 11.3 Å². The summed E-state index contributed by atoms with van der Waals surface area (Å²) in [6.45, 7) is 4.43. The highest BCUT2D eigenvalue weighted by Crippen LogP contribution is 2.39. The molecule has 114 valence electrons. The van der Waals surface area contributed by atoms with Crippen LogP contribution in [0.3, 0.4) is 0 Å². The molecule has 4 rings (SSSR count). The standard InChI is InChI=1S/C15H23N5S/c1-2-7-15(8-9-16-10-15)13-19-20-12(11-5-3-4-6-11)17-18-14(20)21-13/h11,16H,2-10H2,1H3. The molecule has 21 heavy (non-hydrogen) atoms. The largest absolute Gasteiger partial charge is 0.316 e. The van der Waals surface area contributed by atoms with Crippen LogP contribution in [0.2, 0.25) is 0 Å². The maximum atomic E-state index is 4.96. The second kappa shape index (κ2) is 5.32. The summed E-state index contributed by atoms with van der Waals surface area (Å²) in [7, 11) is 0. The van der Waals surface area contributed by atoms with Gasteiger partial charge < -0.3 is 5.32 Å². The van der Waals surface area contributed by atoms with Gasteiger partial charge in [0.2, 0.25) is 4.96 Å². The summed E-state index contributed by atoms with van der Waals surface area (Å²) >= 11 is 1.75. The third-order valence-electron chi connectivity index (χ3n) is 5.16. The van der Waals surface area contributed by atoms with Crippen molar-refractivity contribution in [2.45, 2.75) is 63.2 Å². The molecule has 2 fully saturated rings. The normalized spacial score (nSPS) is 27.1. The zero-order chi connectivity index (χ0) is 14.3. The molecular formula is C15H23N5S. The van der Waals surface area contributed by atoms with E-state index in [1.165, 1.54) is 50.0 Å². The van der Waals surface area contributed by atoms with Crippen molar-refractivity contribution in [3.05, 3.63) is 10.8 Å². The summed E-state index contributed by atoms with van der Waals surface area (Å²) in [6.07, 6.45) is 8.75. The van der Waals surface area contributed by atoms with Gasteiger partial charge in [0.05, 0.1) is 0 Å². The van der Waals surface area contributed by atoms with Crippen LogP contribution in [0.1, 0.15) is 68.6 Å². The van der Waals surface area contributed by atoms with Gasteiger partial charge >= 0.3 is 0 Å². The lowest BCUT2D eigenvalue weighted by atomic mass is 9.83. The molecule has 0 spiro atoms. The topological polar surface area (TPSA) is 55.1 Å². The fourth-order valence-electron chi connectivity index (χ4n) is 4.01. The van der Waals surface area contributed by atoms with Gasteiger partial charge in [-0.05, 0) is 32.2 Å². The fraction of sp³-hybridized carbons (Fsp3) is 0.800. The molecule has 1 aliphatic heterocycles. The third-order valence-corrected chi connectivity index (χ3v) is 6.31. The van der Waals surface area contributed by atoms with E-state index in [9.17, 15) is 0 Å². The van der Waals surface area contributed by atoms with Gasteiger partial charge in [0, 0.05) is 17.9 Å². The van der Waals surface area contributed by atoms with Gasteiger partial charge in [0.15, 0.2) is 5.82 Å². The van der Waals surface area contributed by atoms with Crippen molar-refractivity contribution in [3.63, 3.8) is 0 Å². The van der Waals surface area contributed by atoms with Crippen molar-refractivity contribution < 1.29 is 0 Å². The van der Waals surface area contributed by atoms with Gasteiger partial charge in [-0.1, -0.05) is 37.5 Å². The van der Waals surface area contributed by atoms with Crippen LogP contribution in [-0.2, 0) is 5.41 Å². The molecule has 2 aromatic rings. The van der Waals surface area contributed by atoms with Crippen molar-refractivity contribution >= 4 is 16.3 Å². The van der Waals surface area contributed by atoms with Crippen LogP contribution in [0.25, 0.3) is 4.96 Å². The van der Waals surface area contributed by atoms with E-state index >= 15 is 0 Å². The molecule has 2 aliphatic rings. The second-order valence-electron chi connectivity index (χ2n) is 6.60. The summed E-state index contributed by atoms with van der Waals surface area (Å²) in [4.78, 5) is 0.981. The predicted molar refractivity (Wildman–Crippen MR) is 83.9 cm³/mol. The average molecular weight is 305 g/mol. The Balaban J connectivity index is 1.73. The van der Waals surface area contributed by atoms with Crippen LogP contribution in [-0.4, -0.2) is 32.9 Å². The second-order valence-corrected chi connectivity index (χ2v) is 7.55. The highest BCUT2D eigenvalue weighted by molar-refractivity contribution is 7.16. The minimum absolute atomic E-state index is 0.229. The first-order valence-corrected chi connectivity index (χ1v) is 9.07. The van der Waals surface area contributed by atoms with Crippen LogP contribution in [0.15, 0.2) is 0 Å². The average Bonchev–Trinajstić information content (AvgIpc) is 3.23. The monoisotopic (exact) mass is 305 g/mol. The number of aromatic nitrogens is 4. The van der Waals surface area contributed by atoms with Crippen LogP contribution in [0.4, 0.5) is 0 Å². The molecule has 5 nitrogen and oxygen atoms in total. The Bertz CT molecular complexity index is 619. The lowest BCUT2D eigenvalue weighted by molar-refractivity contribution is 0.419. The smallest absolute Gasteiger partial charge is 0.234 e. The molecule has 2 aromatic heterocycles. The van der Waals surface area contributed by atoms with Crippen LogP contribution in [0, 0.1) is 0 Å². The SMILES string of the molecule is CCCC1(c2nn3c(C4CCCC4)nnc3s2)CCNC1. The Kier molecular flexibility index (Phi) is 3.46. The van der Waals surface area contributed by atoms with Crippen LogP contribution in [0.5, 0.6) is 0 Å². The van der Waals surface area contributed by atoms with Gasteiger partial charge in [-0.25, -0.2) is 0 Å². The Morgan fingerprint density at radius 3 is 2.90 bits per heavy atom. The molecule has 3 heterocycles. The lowest BCUT2D eigenvalue weighted by Crippen LogP contribution is -2.29. The van der Waals surface area contributed by atoms with Gasteiger partial charge in [-0.2, -0.15) is 9.61 Å². The molecule has 0 amide bonds. The van der Waals surface area contributed by atoms with E-state index in [0.717, 1.165) is 23.9 Å². The maximum Gasteiger partial charge on any atom is 0.234 e. The predicted octanol–water partition coefficient (Wildman–Crippen LogP) is 2.87. The molecule has 1 aliphatic carbocycles. The highest BCUT2D eigenvalue weighted by atomic mass is 32.1. The van der Waals surface area contributed by atoms with E-state index < -0.39 is 0 Å². The van der Waals surface area contributed by atoms with Crippen molar-refractivity contribution in [2.75, 3.05) is 13.1 Å². The summed E-state index contributed by atoms with van der Waals surface area (Å²) < 4.78 is 2.05. The van der Waals surface area contributed by atoms with Crippen molar-refractivity contribution in [1.29, 1.82) is 0 Å². The van der Waals surface area contributed by atoms with Gasteiger partial charge in [-0.3, -0.25) is 0 Å². The maximum absolute atomic E-state index is 4.96. The van der Waals surface area contributed by atoms with Crippen molar-refractivity contribution in [3.8, 4) is 0 Å². The zero-order valence-corrected chi connectivity index (χ0v) is 13.5. The summed E-state index contributed by atoms with van der Waals surface area (Å²) in [5.41, 5.74) is 0.229. The highest BCUT2D eigenvalue weighted by Gasteiger charge is 2.38. The Morgan fingerprint density at radius 1 is 1.33 bits per heavy atom. The Hall–Kier alpha value is -1.01. The van der Waals surface area contributed by atoms with E-state index in [1.807, 2.05) is 4.52 Å². The number of hydrogen-bond donors (Lipinski definition) is 1. The number of fused-ring (bicyclic) bond motifs is 1.